The van der Waals surface area contributed by atoms with E-state index < -0.39 is 8.07 Å². The average molecular weight is 176 g/mol. The molecule has 0 saturated carbocycles. The van der Waals surface area contributed by atoms with Gasteiger partial charge in [0.15, 0.2) is 0 Å². The SMILES string of the molecule is CC(C)(C)PC[Si](C)(C)C. The van der Waals surface area contributed by atoms with Crippen molar-refractivity contribution in [3.8, 4) is 0 Å². The van der Waals surface area contributed by atoms with E-state index in [1.165, 1.54) is 5.79 Å². The van der Waals surface area contributed by atoms with Gasteiger partial charge in [0.25, 0.3) is 0 Å². The largest absolute Gasteiger partial charge is 0.119 e. The molecule has 0 spiro atoms. The molecule has 0 aliphatic heterocycles. The van der Waals surface area contributed by atoms with Crippen LogP contribution in [0, 0.1) is 0 Å². The maximum absolute atomic E-state index is 2.45. The Labute approximate surface area is 68.6 Å². The summed E-state index contributed by atoms with van der Waals surface area (Å²) in [4.78, 5) is 0. The van der Waals surface area contributed by atoms with Gasteiger partial charge in [0, 0.05) is 8.07 Å². The standard InChI is InChI=1S/C8H21PSi/c1-8(2,3)9-7-10(4,5)6/h9H,7H2,1-6H3. The Morgan fingerprint density at radius 1 is 1.10 bits per heavy atom. The van der Waals surface area contributed by atoms with E-state index in [-0.39, 0.29) is 0 Å². The van der Waals surface area contributed by atoms with Gasteiger partial charge >= 0.3 is 0 Å². The van der Waals surface area contributed by atoms with E-state index in [9.17, 15) is 0 Å². The van der Waals surface area contributed by atoms with Crippen molar-refractivity contribution >= 4 is 16.7 Å². The Morgan fingerprint density at radius 2 is 1.50 bits per heavy atom. The second-order valence-corrected chi connectivity index (χ2v) is 13.6. The van der Waals surface area contributed by atoms with Crippen LogP contribution < -0.4 is 0 Å². The summed E-state index contributed by atoms with van der Waals surface area (Å²) in [5, 5.41) is 0.570. The molecule has 0 N–H and O–H groups in total. The third kappa shape index (κ3) is 8.65. The van der Waals surface area contributed by atoms with E-state index in [1.54, 1.807) is 0 Å². The number of hydrogen-bond donors (Lipinski definition) is 0. The van der Waals surface area contributed by atoms with Crippen molar-refractivity contribution in [2.24, 2.45) is 0 Å². The van der Waals surface area contributed by atoms with Gasteiger partial charge in [-0.3, -0.25) is 0 Å². The van der Waals surface area contributed by atoms with Crippen molar-refractivity contribution in [1.82, 2.24) is 0 Å². The Balaban J connectivity index is 3.56. The lowest BCUT2D eigenvalue weighted by Gasteiger charge is -2.23. The molecular weight excluding hydrogens is 155 g/mol. The van der Waals surface area contributed by atoms with Gasteiger partial charge in [0.2, 0.25) is 0 Å². The van der Waals surface area contributed by atoms with Crippen LogP contribution in [0.3, 0.4) is 0 Å². The molecule has 0 fully saturated rings. The minimum absolute atomic E-state index is 0.570. The lowest BCUT2D eigenvalue weighted by Crippen LogP contribution is -2.25. The van der Waals surface area contributed by atoms with Crippen molar-refractivity contribution in [2.45, 2.75) is 45.6 Å². The second kappa shape index (κ2) is 3.36. The normalized spacial score (nSPS) is 15.0. The predicted octanol–water partition coefficient (Wildman–Crippen LogP) is 3.34. The fraction of sp³-hybridized carbons (Fsp3) is 1.00. The van der Waals surface area contributed by atoms with E-state index in [0.29, 0.717) is 5.16 Å². The van der Waals surface area contributed by atoms with Gasteiger partial charge in [-0.25, -0.2) is 0 Å². The first-order valence-corrected chi connectivity index (χ1v) is 8.87. The third-order valence-electron chi connectivity index (χ3n) is 1.15. The van der Waals surface area contributed by atoms with Gasteiger partial charge < -0.3 is 0 Å². The molecule has 0 saturated heterocycles. The van der Waals surface area contributed by atoms with Crippen LogP contribution >= 0.6 is 8.58 Å². The minimum Gasteiger partial charge on any atom is -0.119 e. The topological polar surface area (TPSA) is 0 Å². The molecular formula is C8H21PSi. The Morgan fingerprint density at radius 3 is 1.60 bits per heavy atom. The van der Waals surface area contributed by atoms with Crippen molar-refractivity contribution in [3.63, 3.8) is 0 Å². The minimum atomic E-state index is -0.755. The molecule has 0 nitrogen and oxygen atoms in total. The molecule has 10 heavy (non-hydrogen) atoms. The van der Waals surface area contributed by atoms with Gasteiger partial charge in [-0.15, -0.1) is 8.58 Å². The number of hydrogen-bond acceptors (Lipinski definition) is 0. The fourth-order valence-corrected chi connectivity index (χ4v) is 4.77. The van der Waals surface area contributed by atoms with Gasteiger partial charge in [-0.05, 0) is 10.9 Å². The molecule has 2 heteroatoms. The summed E-state index contributed by atoms with van der Waals surface area (Å²) >= 11 is 0. The summed E-state index contributed by atoms with van der Waals surface area (Å²) in [5.74, 6) is 1.50. The Bertz CT molecular complexity index is 82.8. The van der Waals surface area contributed by atoms with Gasteiger partial charge in [0.05, 0.1) is 0 Å². The van der Waals surface area contributed by atoms with E-state index in [0.717, 1.165) is 8.58 Å². The molecule has 0 aliphatic rings. The lowest BCUT2D eigenvalue weighted by atomic mass is 10.3. The quantitative estimate of drug-likeness (QED) is 0.447. The van der Waals surface area contributed by atoms with Crippen LogP contribution in [0.1, 0.15) is 20.8 Å². The van der Waals surface area contributed by atoms with Crippen LogP contribution in [-0.2, 0) is 0 Å². The predicted molar refractivity (Wildman–Crippen MR) is 56.3 cm³/mol. The Kier molecular flexibility index (Phi) is 3.58. The molecule has 0 radical (unpaired) electrons. The zero-order valence-corrected chi connectivity index (χ0v) is 10.2. The zero-order valence-electron chi connectivity index (χ0n) is 8.21. The fourth-order valence-electron chi connectivity index (χ4n) is 0.530. The van der Waals surface area contributed by atoms with Crippen molar-refractivity contribution in [3.05, 3.63) is 0 Å². The van der Waals surface area contributed by atoms with Gasteiger partial charge in [-0.1, -0.05) is 40.4 Å². The average Bonchev–Trinajstić information content (AvgIpc) is 1.57. The monoisotopic (exact) mass is 176 g/mol. The van der Waals surface area contributed by atoms with Crippen molar-refractivity contribution in [2.75, 3.05) is 5.79 Å². The first-order valence-electron chi connectivity index (χ1n) is 3.96. The molecule has 0 amide bonds. The van der Waals surface area contributed by atoms with Gasteiger partial charge in [-0.2, -0.15) is 0 Å². The highest BCUT2D eigenvalue weighted by Crippen LogP contribution is 2.32. The van der Waals surface area contributed by atoms with Crippen LogP contribution in [0.25, 0.3) is 0 Å². The maximum Gasteiger partial charge on any atom is 0.0483 e. The van der Waals surface area contributed by atoms with Crippen LogP contribution in [0.2, 0.25) is 19.6 Å². The summed E-state index contributed by atoms with van der Waals surface area (Å²) < 4.78 is 0. The molecule has 1 atom stereocenters. The summed E-state index contributed by atoms with van der Waals surface area (Å²) in [6, 6.07) is 0. The summed E-state index contributed by atoms with van der Waals surface area (Å²) in [6.45, 7) is 14.4. The zero-order chi connectivity index (χ0) is 8.41. The van der Waals surface area contributed by atoms with E-state index in [2.05, 4.69) is 40.4 Å². The Hall–Kier alpha value is 0.647. The molecule has 0 aliphatic carbocycles. The molecule has 0 bridgehead atoms. The van der Waals surface area contributed by atoms with Gasteiger partial charge in [0.1, 0.15) is 0 Å². The molecule has 0 rings (SSSR count). The van der Waals surface area contributed by atoms with E-state index in [1.807, 2.05) is 0 Å². The first kappa shape index (κ1) is 10.6. The van der Waals surface area contributed by atoms with E-state index in [4.69, 9.17) is 0 Å². The van der Waals surface area contributed by atoms with Crippen LogP contribution in [0.4, 0.5) is 0 Å². The lowest BCUT2D eigenvalue weighted by molar-refractivity contribution is 0.795. The van der Waals surface area contributed by atoms with Crippen molar-refractivity contribution in [1.29, 1.82) is 0 Å². The smallest absolute Gasteiger partial charge is 0.0483 e. The van der Waals surface area contributed by atoms with Crippen LogP contribution in [-0.4, -0.2) is 19.0 Å². The maximum atomic E-state index is 2.45. The molecule has 0 aromatic heterocycles. The van der Waals surface area contributed by atoms with Crippen molar-refractivity contribution < 1.29 is 0 Å². The summed E-state index contributed by atoms with van der Waals surface area (Å²) in [5.41, 5.74) is 0. The second-order valence-electron chi connectivity index (χ2n) is 5.16. The highest BCUT2D eigenvalue weighted by molar-refractivity contribution is 7.43. The molecule has 0 heterocycles. The molecule has 1 unspecified atom stereocenters. The molecule has 0 aromatic rings. The van der Waals surface area contributed by atoms with E-state index >= 15 is 0 Å². The first-order chi connectivity index (χ1) is 4.21. The van der Waals surface area contributed by atoms with Crippen LogP contribution in [0.15, 0.2) is 0 Å². The summed E-state index contributed by atoms with van der Waals surface area (Å²) in [7, 11) is 0.400. The number of rotatable bonds is 2. The highest BCUT2D eigenvalue weighted by Gasteiger charge is 2.17. The molecule has 0 aromatic carbocycles. The van der Waals surface area contributed by atoms with Crippen LogP contribution in [0.5, 0.6) is 0 Å². The third-order valence-corrected chi connectivity index (χ3v) is 7.16. The highest BCUT2D eigenvalue weighted by atomic mass is 31.1. The molecule has 62 valence electrons. The summed E-state index contributed by atoms with van der Waals surface area (Å²) in [6.07, 6.45) is 0.